The molecule has 0 spiro atoms. The molecule has 19 heavy (non-hydrogen) atoms. The molecule has 2 aromatic rings. The molecule has 2 N–H and O–H groups in total. The molecule has 0 atom stereocenters. The summed E-state index contributed by atoms with van der Waals surface area (Å²) in [4.78, 5) is 21.5. The van der Waals surface area contributed by atoms with Crippen LogP contribution in [-0.2, 0) is 6.54 Å². The SMILES string of the molecule is CN(Cc1ccc(Br)cc1)C(=O)c1cncc(N)n1. The first kappa shape index (κ1) is 13.5. The molecule has 1 aromatic heterocycles. The van der Waals surface area contributed by atoms with Crippen molar-refractivity contribution in [3.05, 3.63) is 52.4 Å². The number of nitrogens with zero attached hydrogens (tertiary/aromatic N) is 3. The lowest BCUT2D eigenvalue weighted by Gasteiger charge is -2.16. The molecule has 0 bridgehead atoms. The molecule has 1 amide bonds. The van der Waals surface area contributed by atoms with Gasteiger partial charge in [0.2, 0.25) is 0 Å². The van der Waals surface area contributed by atoms with Crippen molar-refractivity contribution in [1.29, 1.82) is 0 Å². The second kappa shape index (κ2) is 5.79. The molecular formula is C13H13BrN4O. The largest absolute Gasteiger partial charge is 0.382 e. The minimum absolute atomic E-state index is 0.206. The summed E-state index contributed by atoms with van der Waals surface area (Å²) >= 11 is 3.37. The van der Waals surface area contributed by atoms with Crippen LogP contribution in [0.5, 0.6) is 0 Å². The summed E-state index contributed by atoms with van der Waals surface area (Å²) in [6, 6.07) is 7.79. The topological polar surface area (TPSA) is 72.1 Å². The second-order valence-electron chi connectivity index (χ2n) is 4.12. The van der Waals surface area contributed by atoms with E-state index in [0.29, 0.717) is 6.54 Å². The normalized spacial score (nSPS) is 10.2. The van der Waals surface area contributed by atoms with Crippen LogP contribution in [0.25, 0.3) is 0 Å². The Labute approximate surface area is 119 Å². The van der Waals surface area contributed by atoms with E-state index in [0.717, 1.165) is 10.0 Å². The van der Waals surface area contributed by atoms with E-state index in [9.17, 15) is 4.79 Å². The highest BCUT2D eigenvalue weighted by molar-refractivity contribution is 9.10. The fourth-order valence-corrected chi connectivity index (χ4v) is 1.88. The van der Waals surface area contributed by atoms with Crippen LogP contribution in [0.3, 0.4) is 0 Å². The quantitative estimate of drug-likeness (QED) is 0.940. The van der Waals surface area contributed by atoms with Gasteiger partial charge in [-0.1, -0.05) is 28.1 Å². The third-order valence-corrected chi connectivity index (χ3v) is 3.08. The number of halogens is 1. The number of carbonyl (C=O) groups is 1. The first-order chi connectivity index (χ1) is 9.06. The lowest BCUT2D eigenvalue weighted by Crippen LogP contribution is -2.27. The summed E-state index contributed by atoms with van der Waals surface area (Å²) in [5.41, 5.74) is 6.80. The molecule has 0 unspecified atom stereocenters. The summed E-state index contributed by atoms with van der Waals surface area (Å²) in [7, 11) is 1.72. The molecule has 2 rings (SSSR count). The van der Waals surface area contributed by atoms with Crippen LogP contribution in [0.2, 0.25) is 0 Å². The molecule has 0 aliphatic carbocycles. The zero-order valence-corrected chi connectivity index (χ0v) is 12.0. The molecular weight excluding hydrogens is 308 g/mol. The van der Waals surface area contributed by atoms with E-state index in [1.54, 1.807) is 11.9 Å². The standard InChI is InChI=1S/C13H13BrN4O/c1-18(8-9-2-4-10(14)5-3-9)13(19)11-6-16-7-12(15)17-11/h2-7H,8H2,1H3,(H2,15,17). The van der Waals surface area contributed by atoms with Crippen molar-refractivity contribution in [2.24, 2.45) is 0 Å². The first-order valence-corrected chi connectivity index (χ1v) is 6.43. The minimum Gasteiger partial charge on any atom is -0.382 e. The van der Waals surface area contributed by atoms with Crippen molar-refractivity contribution in [2.75, 3.05) is 12.8 Å². The Morgan fingerprint density at radius 3 is 2.63 bits per heavy atom. The first-order valence-electron chi connectivity index (χ1n) is 5.63. The molecule has 0 aliphatic rings. The zero-order chi connectivity index (χ0) is 13.8. The molecule has 1 heterocycles. The van der Waals surface area contributed by atoms with Crippen LogP contribution in [0, 0.1) is 0 Å². The number of amides is 1. The Kier molecular flexibility index (Phi) is 4.11. The predicted molar refractivity (Wildman–Crippen MR) is 76.4 cm³/mol. The maximum Gasteiger partial charge on any atom is 0.274 e. The van der Waals surface area contributed by atoms with E-state index in [4.69, 9.17) is 5.73 Å². The van der Waals surface area contributed by atoms with Crippen molar-refractivity contribution < 1.29 is 4.79 Å². The van der Waals surface area contributed by atoms with E-state index in [-0.39, 0.29) is 17.4 Å². The van der Waals surface area contributed by atoms with E-state index in [1.165, 1.54) is 12.4 Å². The Hall–Kier alpha value is -1.95. The van der Waals surface area contributed by atoms with Crippen molar-refractivity contribution in [2.45, 2.75) is 6.54 Å². The number of anilines is 1. The van der Waals surface area contributed by atoms with Gasteiger partial charge in [-0.15, -0.1) is 0 Å². The third kappa shape index (κ3) is 3.51. The summed E-state index contributed by atoms with van der Waals surface area (Å²) < 4.78 is 1.01. The molecule has 98 valence electrons. The number of carbonyl (C=O) groups excluding carboxylic acids is 1. The predicted octanol–water partition coefficient (Wildman–Crippen LogP) is 2.09. The van der Waals surface area contributed by atoms with Gasteiger partial charge >= 0.3 is 0 Å². The molecule has 0 fully saturated rings. The lowest BCUT2D eigenvalue weighted by atomic mass is 10.2. The number of aromatic nitrogens is 2. The van der Waals surface area contributed by atoms with E-state index in [2.05, 4.69) is 25.9 Å². The van der Waals surface area contributed by atoms with Crippen molar-refractivity contribution in [3.63, 3.8) is 0 Å². The van der Waals surface area contributed by atoms with Crippen molar-refractivity contribution in [1.82, 2.24) is 14.9 Å². The fraction of sp³-hybridized carbons (Fsp3) is 0.154. The van der Waals surface area contributed by atoms with Gasteiger partial charge in [-0.05, 0) is 17.7 Å². The van der Waals surface area contributed by atoms with E-state index < -0.39 is 0 Å². The summed E-state index contributed by atoms with van der Waals surface area (Å²) in [5, 5.41) is 0. The Bertz CT molecular complexity index is 585. The molecule has 6 heteroatoms. The fourth-order valence-electron chi connectivity index (χ4n) is 1.62. The van der Waals surface area contributed by atoms with Crippen molar-refractivity contribution >= 4 is 27.7 Å². The van der Waals surface area contributed by atoms with Gasteiger partial charge in [0, 0.05) is 18.1 Å². The van der Waals surface area contributed by atoms with Gasteiger partial charge in [-0.3, -0.25) is 9.78 Å². The second-order valence-corrected chi connectivity index (χ2v) is 5.03. The lowest BCUT2D eigenvalue weighted by molar-refractivity contribution is 0.0779. The van der Waals surface area contributed by atoms with Crippen LogP contribution in [0.15, 0.2) is 41.1 Å². The highest BCUT2D eigenvalue weighted by Gasteiger charge is 2.14. The average Bonchev–Trinajstić information content (AvgIpc) is 2.40. The Morgan fingerprint density at radius 2 is 2.00 bits per heavy atom. The van der Waals surface area contributed by atoms with Crippen LogP contribution in [0.4, 0.5) is 5.82 Å². The molecule has 0 saturated carbocycles. The van der Waals surface area contributed by atoms with E-state index in [1.807, 2.05) is 24.3 Å². The Balaban J connectivity index is 2.09. The van der Waals surface area contributed by atoms with Gasteiger partial charge in [0.05, 0.1) is 12.4 Å². The van der Waals surface area contributed by atoms with Crippen molar-refractivity contribution in [3.8, 4) is 0 Å². The van der Waals surface area contributed by atoms with Crippen LogP contribution < -0.4 is 5.73 Å². The van der Waals surface area contributed by atoms with Gasteiger partial charge < -0.3 is 10.6 Å². The van der Waals surface area contributed by atoms with E-state index >= 15 is 0 Å². The van der Waals surface area contributed by atoms with Gasteiger partial charge in [-0.25, -0.2) is 4.98 Å². The highest BCUT2D eigenvalue weighted by atomic mass is 79.9. The summed E-state index contributed by atoms with van der Waals surface area (Å²) in [6.07, 6.45) is 2.82. The highest BCUT2D eigenvalue weighted by Crippen LogP contribution is 2.12. The number of rotatable bonds is 3. The molecule has 0 aliphatic heterocycles. The van der Waals surface area contributed by atoms with Gasteiger partial charge in [0.15, 0.2) is 0 Å². The summed E-state index contributed by atoms with van der Waals surface area (Å²) in [6.45, 7) is 0.503. The number of benzene rings is 1. The van der Waals surface area contributed by atoms with Gasteiger partial charge in [0.25, 0.3) is 5.91 Å². The maximum atomic E-state index is 12.1. The van der Waals surface area contributed by atoms with Gasteiger partial charge in [0.1, 0.15) is 11.5 Å². The molecule has 1 aromatic carbocycles. The van der Waals surface area contributed by atoms with Gasteiger partial charge in [-0.2, -0.15) is 0 Å². The van der Waals surface area contributed by atoms with Crippen LogP contribution in [0.1, 0.15) is 16.1 Å². The Morgan fingerprint density at radius 1 is 1.32 bits per heavy atom. The average molecular weight is 321 g/mol. The third-order valence-electron chi connectivity index (χ3n) is 2.55. The molecule has 5 nitrogen and oxygen atoms in total. The maximum absolute atomic E-state index is 12.1. The van der Waals surface area contributed by atoms with Crippen LogP contribution in [-0.4, -0.2) is 27.8 Å². The monoisotopic (exact) mass is 320 g/mol. The molecule has 0 radical (unpaired) electrons. The smallest absolute Gasteiger partial charge is 0.274 e. The van der Waals surface area contributed by atoms with Crippen LogP contribution >= 0.6 is 15.9 Å². The zero-order valence-electron chi connectivity index (χ0n) is 10.4. The number of nitrogens with two attached hydrogens (primary N) is 1. The summed E-state index contributed by atoms with van der Waals surface area (Å²) in [5.74, 6) is 0.0330. The number of hydrogen-bond acceptors (Lipinski definition) is 4. The number of nitrogen functional groups attached to an aromatic ring is 1. The molecule has 0 saturated heterocycles. The minimum atomic E-state index is -0.206. The number of hydrogen-bond donors (Lipinski definition) is 1.